The molecule has 192 valence electrons. The number of carbonyl (C=O) groups excluding carboxylic acids is 3. The van der Waals surface area contributed by atoms with Crippen LogP contribution in [0.5, 0.6) is 0 Å². The molecule has 0 aliphatic carbocycles. The van der Waals surface area contributed by atoms with Crippen molar-refractivity contribution in [3.63, 3.8) is 0 Å². The van der Waals surface area contributed by atoms with Crippen LogP contribution in [0.2, 0.25) is 0 Å². The van der Waals surface area contributed by atoms with Gasteiger partial charge in [0.15, 0.2) is 17.3 Å². The van der Waals surface area contributed by atoms with Crippen LogP contribution in [0.25, 0.3) is 0 Å². The molecule has 5 rings (SSSR count). The number of ketones is 3. The summed E-state index contributed by atoms with van der Waals surface area (Å²) in [5.41, 5.74) is 5.81. The zero-order chi connectivity index (χ0) is 26.5. The normalized spacial score (nSPS) is 13.3. The quantitative estimate of drug-likeness (QED) is 0.220. The highest BCUT2D eigenvalue weighted by Gasteiger charge is 2.15. The number of anilines is 1. The highest BCUT2D eigenvalue weighted by atomic mass is 32.1. The maximum atomic E-state index is 13.0. The lowest BCUT2D eigenvalue weighted by molar-refractivity contribution is 0.0986. The van der Waals surface area contributed by atoms with E-state index in [1.54, 1.807) is 24.3 Å². The van der Waals surface area contributed by atoms with Crippen LogP contribution < -0.4 is 4.90 Å². The van der Waals surface area contributed by atoms with Gasteiger partial charge < -0.3 is 4.90 Å². The molecular weight excluding hydrogens is 490 g/mol. The Bertz CT molecular complexity index is 1430. The molecule has 0 N–H and O–H groups in total. The van der Waals surface area contributed by atoms with Crippen LogP contribution in [0.1, 0.15) is 71.9 Å². The van der Waals surface area contributed by atoms with Crippen molar-refractivity contribution in [1.29, 1.82) is 0 Å². The number of Topliss-reactive ketones (excluding diaryl/α,β-unsaturated/α-hetero) is 2. The smallest absolute Gasteiger partial charge is 0.193 e. The van der Waals surface area contributed by atoms with Crippen LogP contribution in [-0.4, -0.2) is 30.4 Å². The van der Waals surface area contributed by atoms with Crippen molar-refractivity contribution in [2.45, 2.75) is 39.0 Å². The molecule has 0 amide bonds. The molecule has 0 spiro atoms. The summed E-state index contributed by atoms with van der Waals surface area (Å²) < 4.78 is 0. The lowest BCUT2D eigenvalue weighted by atomic mass is 9.97. The number of rotatable bonds is 9. The number of hydrogen-bond acceptors (Lipinski definition) is 5. The first-order valence-corrected chi connectivity index (χ1v) is 14.0. The van der Waals surface area contributed by atoms with Crippen LogP contribution in [-0.2, 0) is 12.8 Å². The van der Waals surface area contributed by atoms with E-state index in [4.69, 9.17) is 0 Å². The highest BCUT2D eigenvalue weighted by Crippen LogP contribution is 2.22. The van der Waals surface area contributed by atoms with Crippen LogP contribution in [0.15, 0.2) is 84.2 Å². The van der Waals surface area contributed by atoms with Gasteiger partial charge >= 0.3 is 0 Å². The Hall–Kier alpha value is -3.83. The van der Waals surface area contributed by atoms with E-state index in [1.807, 2.05) is 66.9 Å². The molecule has 1 aliphatic rings. The van der Waals surface area contributed by atoms with Crippen LogP contribution in [0.3, 0.4) is 0 Å². The van der Waals surface area contributed by atoms with Gasteiger partial charge in [-0.1, -0.05) is 48.5 Å². The molecule has 0 saturated carbocycles. The van der Waals surface area contributed by atoms with E-state index in [9.17, 15) is 14.4 Å². The van der Waals surface area contributed by atoms with E-state index in [0.29, 0.717) is 29.5 Å². The molecule has 0 atom stereocenters. The topological polar surface area (TPSA) is 54.5 Å². The summed E-state index contributed by atoms with van der Waals surface area (Å²) >= 11 is 1.46. The zero-order valence-corrected chi connectivity index (χ0v) is 22.4. The second-order valence-corrected chi connectivity index (χ2v) is 10.9. The van der Waals surface area contributed by atoms with Gasteiger partial charge in [0.1, 0.15) is 0 Å². The van der Waals surface area contributed by atoms with Gasteiger partial charge in [0.2, 0.25) is 0 Å². The summed E-state index contributed by atoms with van der Waals surface area (Å²) in [6.07, 6.45) is 4.36. The van der Waals surface area contributed by atoms with Crippen molar-refractivity contribution in [2.24, 2.45) is 0 Å². The summed E-state index contributed by atoms with van der Waals surface area (Å²) in [6.45, 7) is 4.11. The molecule has 0 unspecified atom stereocenters. The molecule has 2 heterocycles. The SMILES string of the molecule is Cc1ccsc1C(=O)Cc1ccc(C(=O)c2ccc(CC(=O)c3ccc(N4CCCCC4)cc3)cc2)cc1. The van der Waals surface area contributed by atoms with E-state index in [0.717, 1.165) is 34.7 Å². The van der Waals surface area contributed by atoms with E-state index in [2.05, 4.69) is 4.90 Å². The molecular formula is C33H31NO3S. The predicted octanol–water partition coefficient (Wildman–Crippen LogP) is 7.13. The zero-order valence-electron chi connectivity index (χ0n) is 21.6. The molecule has 3 aromatic carbocycles. The third-order valence-electron chi connectivity index (χ3n) is 7.19. The molecule has 4 nitrogen and oxygen atoms in total. The Kier molecular flexibility index (Phi) is 7.94. The standard InChI is InChI=1S/C33H31NO3S/c1-23-17-20-38-33(23)31(36)22-25-7-11-28(12-8-25)32(37)27-9-5-24(6-10-27)21-30(35)26-13-15-29(16-14-26)34-18-3-2-4-19-34/h5-17,20H,2-4,18-19,21-22H2,1H3. The minimum atomic E-state index is -0.0804. The summed E-state index contributed by atoms with van der Waals surface area (Å²) in [6, 6.07) is 24.4. The number of benzene rings is 3. The number of piperidine rings is 1. The number of aryl methyl sites for hydroxylation is 1. The van der Waals surface area contributed by atoms with Gasteiger partial charge in [-0.2, -0.15) is 0 Å². The molecule has 4 aromatic rings. The van der Waals surface area contributed by atoms with E-state index in [-0.39, 0.29) is 17.3 Å². The lowest BCUT2D eigenvalue weighted by Gasteiger charge is -2.28. The first-order valence-electron chi connectivity index (χ1n) is 13.2. The number of thiophene rings is 1. The average Bonchev–Trinajstić information content (AvgIpc) is 3.40. The van der Waals surface area contributed by atoms with Crippen LogP contribution >= 0.6 is 11.3 Å². The molecule has 0 radical (unpaired) electrons. The summed E-state index contributed by atoms with van der Waals surface area (Å²) in [7, 11) is 0. The molecule has 1 aromatic heterocycles. The van der Waals surface area contributed by atoms with Crippen molar-refractivity contribution >= 4 is 34.4 Å². The fourth-order valence-electron chi connectivity index (χ4n) is 4.94. The minimum Gasteiger partial charge on any atom is -0.372 e. The Morgan fingerprint density at radius 3 is 1.71 bits per heavy atom. The van der Waals surface area contributed by atoms with Crippen molar-refractivity contribution in [2.75, 3.05) is 18.0 Å². The van der Waals surface area contributed by atoms with Crippen molar-refractivity contribution in [3.8, 4) is 0 Å². The molecule has 1 saturated heterocycles. The fraction of sp³-hybridized carbons (Fsp3) is 0.242. The summed E-state index contributed by atoms with van der Waals surface area (Å²) in [4.78, 5) is 41.5. The molecule has 1 fully saturated rings. The fourth-order valence-corrected chi connectivity index (χ4v) is 5.80. The van der Waals surface area contributed by atoms with Gasteiger partial charge in [0.25, 0.3) is 0 Å². The van der Waals surface area contributed by atoms with Crippen LogP contribution in [0, 0.1) is 6.92 Å². The van der Waals surface area contributed by atoms with Gasteiger partial charge in [-0.05, 0) is 78.6 Å². The Morgan fingerprint density at radius 2 is 1.18 bits per heavy atom. The number of hydrogen-bond donors (Lipinski definition) is 0. The third kappa shape index (κ3) is 6.00. The van der Waals surface area contributed by atoms with Crippen molar-refractivity contribution in [3.05, 3.63) is 123 Å². The second-order valence-electron chi connectivity index (χ2n) is 9.95. The maximum Gasteiger partial charge on any atom is 0.193 e. The second kappa shape index (κ2) is 11.7. The van der Waals surface area contributed by atoms with Gasteiger partial charge in [0.05, 0.1) is 4.88 Å². The van der Waals surface area contributed by atoms with Crippen LogP contribution in [0.4, 0.5) is 5.69 Å². The largest absolute Gasteiger partial charge is 0.372 e. The first-order chi connectivity index (χ1) is 18.5. The Balaban J connectivity index is 1.18. The van der Waals surface area contributed by atoms with E-state index in [1.165, 1.54) is 36.3 Å². The summed E-state index contributed by atoms with van der Waals surface area (Å²) in [5, 5.41) is 1.93. The lowest BCUT2D eigenvalue weighted by Crippen LogP contribution is -2.29. The third-order valence-corrected chi connectivity index (χ3v) is 8.24. The van der Waals surface area contributed by atoms with Gasteiger partial charge in [-0.25, -0.2) is 0 Å². The van der Waals surface area contributed by atoms with Gasteiger partial charge in [0, 0.05) is 48.3 Å². The van der Waals surface area contributed by atoms with E-state index < -0.39 is 0 Å². The molecule has 38 heavy (non-hydrogen) atoms. The van der Waals surface area contributed by atoms with Gasteiger partial charge in [-0.3, -0.25) is 14.4 Å². The first kappa shape index (κ1) is 25.8. The average molecular weight is 522 g/mol. The molecule has 1 aliphatic heterocycles. The number of nitrogens with zero attached hydrogens (tertiary/aromatic N) is 1. The van der Waals surface area contributed by atoms with Gasteiger partial charge in [-0.15, -0.1) is 11.3 Å². The molecule has 0 bridgehead atoms. The highest BCUT2D eigenvalue weighted by molar-refractivity contribution is 7.12. The minimum absolute atomic E-state index is 0.0668. The predicted molar refractivity (Wildman–Crippen MR) is 154 cm³/mol. The van der Waals surface area contributed by atoms with Crippen molar-refractivity contribution in [1.82, 2.24) is 0 Å². The van der Waals surface area contributed by atoms with E-state index >= 15 is 0 Å². The summed E-state index contributed by atoms with van der Waals surface area (Å²) in [5.74, 6) is 0.0833. The Morgan fingerprint density at radius 1 is 0.658 bits per heavy atom. The monoisotopic (exact) mass is 521 g/mol. The number of carbonyl (C=O) groups is 3. The Labute approximate surface area is 227 Å². The van der Waals surface area contributed by atoms with Crippen molar-refractivity contribution < 1.29 is 14.4 Å². The molecule has 5 heteroatoms. The maximum absolute atomic E-state index is 13.0.